The fourth-order valence-corrected chi connectivity index (χ4v) is 13.9. The van der Waals surface area contributed by atoms with Gasteiger partial charge in [-0.05, 0) is 134 Å². The third kappa shape index (κ3) is 6.80. The summed E-state index contributed by atoms with van der Waals surface area (Å²) in [6.45, 7) is 0. The van der Waals surface area contributed by atoms with Crippen LogP contribution in [0, 0.1) is 0 Å². The highest BCUT2D eigenvalue weighted by atomic mass is 32.1. The normalized spacial score (nSPS) is 13.9. The monoisotopic (exact) mass is 942 g/mol. The Balaban J connectivity index is 1.21. The summed E-state index contributed by atoms with van der Waals surface area (Å²) in [6.07, 6.45) is 0. The van der Waals surface area contributed by atoms with Gasteiger partial charge in [-0.3, -0.25) is 0 Å². The molecule has 0 bridgehead atoms. The molecule has 338 valence electrons. The van der Waals surface area contributed by atoms with Crippen molar-refractivity contribution in [3.8, 4) is 11.1 Å². The summed E-state index contributed by atoms with van der Waals surface area (Å²) in [5.74, 6) is 0. The maximum atomic E-state index is 2.51. The lowest BCUT2D eigenvalue weighted by molar-refractivity contribution is 0.792. The van der Waals surface area contributed by atoms with Gasteiger partial charge in [0, 0.05) is 54.3 Å². The zero-order valence-corrected chi connectivity index (χ0v) is 43.3. The molecule has 0 aliphatic heterocycles. The van der Waals surface area contributed by atoms with E-state index in [2.05, 4.69) is 277 Å². The van der Waals surface area contributed by atoms with Crippen LogP contribution in [-0.2, 0) is 5.41 Å². The Morgan fingerprint density at radius 2 is 0.767 bits per heavy atom. The van der Waals surface area contributed by atoms with E-state index < -0.39 is 5.41 Å². The smallest absolute Gasteiger partial charge is 0.139 e. The van der Waals surface area contributed by atoms with Gasteiger partial charge in [0.25, 0.3) is 0 Å². The van der Waals surface area contributed by atoms with Crippen LogP contribution < -0.4 is 48.0 Å². The molecule has 13 rings (SSSR count). The van der Waals surface area contributed by atoms with E-state index in [4.69, 9.17) is 0 Å². The summed E-state index contributed by atoms with van der Waals surface area (Å²) < 4.78 is 2.64. The molecular weight excluding hydrogens is 892 g/mol. The van der Waals surface area contributed by atoms with E-state index in [0.717, 1.165) is 34.1 Å². The van der Waals surface area contributed by atoms with E-state index in [9.17, 15) is 0 Å². The second-order valence-electron chi connectivity index (χ2n) is 20.2. The Labute approximate surface area is 438 Å². The zero-order chi connectivity index (χ0) is 49.7. The average Bonchev–Trinajstić information content (AvgIpc) is 3.95. The topological polar surface area (TPSA) is 6.48 Å². The minimum atomic E-state index is -0.730. The number of rotatable bonds is 8. The number of nitrogens with zero attached hydrogens (tertiary/aromatic N) is 2. The second kappa shape index (κ2) is 17.5. The van der Waals surface area contributed by atoms with E-state index in [1.54, 1.807) is 0 Å². The Hall–Kier alpha value is -7.79. The summed E-state index contributed by atoms with van der Waals surface area (Å²) in [4.78, 5) is 4.86. The first-order valence-electron chi connectivity index (χ1n) is 25.6. The van der Waals surface area contributed by atoms with Crippen LogP contribution in [0.2, 0.25) is 0 Å². The Morgan fingerprint density at radius 1 is 0.315 bits per heavy atom. The van der Waals surface area contributed by atoms with Gasteiger partial charge < -0.3 is 9.80 Å². The van der Waals surface area contributed by atoms with Crippen LogP contribution in [-0.4, -0.2) is 54.9 Å². The van der Waals surface area contributed by atoms with Crippen molar-refractivity contribution in [1.29, 1.82) is 0 Å². The van der Waals surface area contributed by atoms with Crippen molar-refractivity contribution in [3.63, 3.8) is 0 Å². The highest BCUT2D eigenvalue weighted by Gasteiger charge is 2.50. The molecule has 0 fully saturated rings. The van der Waals surface area contributed by atoms with Crippen molar-refractivity contribution in [2.24, 2.45) is 0 Å². The van der Waals surface area contributed by atoms with Gasteiger partial charge >= 0.3 is 0 Å². The summed E-state index contributed by atoms with van der Waals surface area (Å²) in [5.41, 5.74) is 23.3. The van der Waals surface area contributed by atoms with E-state index in [-0.39, 0.29) is 0 Å². The third-order valence-corrected chi connectivity index (χ3v) is 17.9. The largest absolute Gasteiger partial charge is 0.310 e. The molecule has 1 heterocycles. The Kier molecular flexibility index (Phi) is 10.8. The van der Waals surface area contributed by atoms with Crippen molar-refractivity contribution >= 4 is 180 Å². The van der Waals surface area contributed by atoms with Gasteiger partial charge in [0.05, 0.1) is 5.41 Å². The lowest BCUT2D eigenvalue weighted by atomic mass is 9.54. The van der Waals surface area contributed by atoms with E-state index in [1.807, 2.05) is 11.3 Å². The molecule has 0 saturated heterocycles. The number of hydrogen-bond acceptors (Lipinski definition) is 3. The first-order chi connectivity index (χ1) is 35.6. The minimum absolute atomic E-state index is 0.730. The van der Waals surface area contributed by atoms with Crippen LogP contribution >= 0.6 is 11.3 Å². The number of anilines is 6. The SMILES string of the molecule is Bc1c(B)c(B)c2c(C3(c4cccc5c4sc4ccccc45)c4ccc(N(c5ccccc5)c5ccccc5)cc4-c4cc(N(c5ccccc5)c5ccc6ccccc6c5)ccc43)c(B)c(B)c(B)c2c1B. The van der Waals surface area contributed by atoms with Crippen molar-refractivity contribution in [3.05, 3.63) is 235 Å². The maximum Gasteiger partial charge on any atom is 0.139 e. The molecule has 1 aliphatic rings. The Bertz CT molecular complexity index is 4150. The van der Waals surface area contributed by atoms with Crippen LogP contribution in [0.5, 0.6) is 0 Å². The molecule has 0 radical (unpaired) electrons. The molecule has 1 unspecified atom stereocenters. The maximum absolute atomic E-state index is 2.51. The lowest BCUT2D eigenvalue weighted by Crippen LogP contribution is -2.54. The molecule has 0 amide bonds. The van der Waals surface area contributed by atoms with Crippen LogP contribution in [0.4, 0.5) is 34.1 Å². The van der Waals surface area contributed by atoms with Gasteiger partial charge in [0.15, 0.2) is 0 Å². The second-order valence-corrected chi connectivity index (χ2v) is 21.3. The molecular formula is C63H49B7N2S. The molecule has 0 spiro atoms. The first-order valence-corrected chi connectivity index (χ1v) is 26.4. The molecule has 73 heavy (non-hydrogen) atoms. The zero-order valence-electron chi connectivity index (χ0n) is 42.5. The predicted octanol–water partition coefficient (Wildman–Crippen LogP) is 5.47. The highest BCUT2D eigenvalue weighted by molar-refractivity contribution is 7.26. The fourth-order valence-electron chi connectivity index (χ4n) is 12.7. The average molecular weight is 942 g/mol. The van der Waals surface area contributed by atoms with Gasteiger partial charge in [0.1, 0.15) is 54.9 Å². The number of benzene rings is 11. The number of hydrogen-bond donors (Lipinski definition) is 0. The van der Waals surface area contributed by atoms with Gasteiger partial charge in [-0.2, -0.15) is 0 Å². The summed E-state index contributed by atoms with van der Waals surface area (Å²) >= 11 is 1.94. The van der Waals surface area contributed by atoms with Crippen molar-refractivity contribution in [2.45, 2.75) is 5.41 Å². The van der Waals surface area contributed by atoms with E-state index in [1.165, 1.54) is 113 Å². The van der Waals surface area contributed by atoms with Crippen LogP contribution in [0.3, 0.4) is 0 Å². The van der Waals surface area contributed by atoms with Crippen LogP contribution in [0.1, 0.15) is 22.3 Å². The molecule has 12 aromatic rings. The molecule has 0 N–H and O–H groups in total. The molecule has 2 nitrogen and oxygen atoms in total. The molecule has 1 atom stereocenters. The lowest BCUT2D eigenvalue weighted by Gasteiger charge is -2.39. The molecule has 10 heteroatoms. The summed E-state index contributed by atoms with van der Waals surface area (Å²) in [6, 6.07) is 79.0. The Morgan fingerprint density at radius 3 is 1.36 bits per heavy atom. The standard InChI is InChI=1S/C63H49B7N2S/c64-55-52-53(57(66)61(70)60(55)69)56(65)59(68)58(67)54(52)63(50-25-14-24-45-44-23-12-13-26-51(44)73-62(45)50)48-31-29-42(71(38-17-4-1-5-18-38)39-19-6-2-7-20-39)34-46(48)47-35-43(30-32-49(47)63)72(40-21-8-3-9-22-40)41-28-27-36-15-10-11-16-37(36)33-41/h1-35H,64-70H2. The van der Waals surface area contributed by atoms with E-state index >= 15 is 0 Å². The molecule has 0 saturated carbocycles. The van der Waals surface area contributed by atoms with Gasteiger partial charge in [-0.1, -0.05) is 155 Å². The van der Waals surface area contributed by atoms with Gasteiger partial charge in [-0.25, -0.2) is 0 Å². The summed E-state index contributed by atoms with van der Waals surface area (Å²) in [5, 5.41) is 7.81. The van der Waals surface area contributed by atoms with Crippen LogP contribution in [0.25, 0.3) is 52.8 Å². The minimum Gasteiger partial charge on any atom is -0.310 e. The molecule has 11 aromatic carbocycles. The van der Waals surface area contributed by atoms with Gasteiger partial charge in [0.2, 0.25) is 0 Å². The predicted molar refractivity (Wildman–Crippen MR) is 338 cm³/mol. The third-order valence-electron chi connectivity index (χ3n) is 16.7. The number of para-hydroxylation sites is 3. The first kappa shape index (κ1) is 45.1. The number of fused-ring (bicyclic) bond motifs is 8. The van der Waals surface area contributed by atoms with Crippen molar-refractivity contribution < 1.29 is 0 Å². The van der Waals surface area contributed by atoms with Crippen molar-refractivity contribution in [1.82, 2.24) is 0 Å². The van der Waals surface area contributed by atoms with Gasteiger partial charge in [-0.15, -0.1) is 27.7 Å². The van der Waals surface area contributed by atoms with Crippen molar-refractivity contribution in [2.75, 3.05) is 9.80 Å². The highest BCUT2D eigenvalue weighted by Crippen LogP contribution is 2.60. The van der Waals surface area contributed by atoms with Crippen LogP contribution in [0.15, 0.2) is 212 Å². The quantitative estimate of drug-likeness (QED) is 0.187. The van der Waals surface area contributed by atoms with E-state index in [0.29, 0.717) is 0 Å². The summed E-state index contributed by atoms with van der Waals surface area (Å²) in [7, 11) is 16.5. The number of thiophene rings is 1. The fraction of sp³-hybridized carbons (Fsp3) is 0.0159. The molecule has 1 aromatic heterocycles. The molecule has 1 aliphatic carbocycles.